The summed E-state index contributed by atoms with van der Waals surface area (Å²) in [5, 5.41) is 73.3. The zero-order valence-electron chi connectivity index (χ0n) is 29.9. The van der Waals surface area contributed by atoms with Gasteiger partial charge in [-0.25, -0.2) is 9.59 Å². The molecule has 2 saturated heterocycles. The van der Waals surface area contributed by atoms with Crippen LogP contribution in [0.15, 0.2) is 36.4 Å². The van der Waals surface area contributed by atoms with Gasteiger partial charge in [0.15, 0.2) is 35.4 Å². The number of carbonyl (C=O) groups excluding carboxylic acids is 2. The lowest BCUT2D eigenvalue weighted by Crippen LogP contribution is -2.63. The minimum absolute atomic E-state index is 0.0773. The van der Waals surface area contributed by atoms with Gasteiger partial charge in [0, 0.05) is 12.2 Å². The lowest BCUT2D eigenvalue weighted by Gasteiger charge is -2.43. The first-order chi connectivity index (χ1) is 25.8. The molecule has 54 heavy (non-hydrogen) atoms. The normalized spacial score (nSPS) is 28.2. The number of benzene rings is 2. The zero-order valence-corrected chi connectivity index (χ0v) is 29.9. The highest BCUT2D eigenvalue weighted by molar-refractivity contribution is 5.88. The summed E-state index contributed by atoms with van der Waals surface area (Å²) in [6.45, 7) is -2.65. The van der Waals surface area contributed by atoms with E-state index >= 15 is 0 Å². The number of esters is 2. The van der Waals surface area contributed by atoms with Crippen molar-refractivity contribution >= 4 is 24.1 Å². The fraction of sp³-hybridized carbons (Fsp3) is 0.486. The minimum Gasteiger partial charge on any atom is -0.502 e. The van der Waals surface area contributed by atoms with Crippen molar-refractivity contribution in [2.24, 2.45) is 0 Å². The van der Waals surface area contributed by atoms with Crippen LogP contribution in [0.25, 0.3) is 12.2 Å². The van der Waals surface area contributed by atoms with Gasteiger partial charge in [0.25, 0.3) is 0 Å². The predicted octanol–water partition coefficient (Wildman–Crippen LogP) is -1.12. The molecule has 4 rings (SSSR count). The standard InChI is InChI=1S/C35H44O19/c1-45-19-10-17(11-20(46-2)27(19)40)6-8-25(38)50-15-24-28(41)30(43)31(44)34(51-24)54-35(16-37)33(29(42)23(14-36)53-35)52-26(39)9-7-18-12-21(47-3)32(49-5)22(13-18)48-4/h6-13,23-24,28-31,33-34,36-37,40-44H,14-16H2,1-5H3. The fourth-order valence-electron chi connectivity index (χ4n) is 5.67. The van der Waals surface area contributed by atoms with Crippen LogP contribution >= 0.6 is 0 Å². The number of methoxy groups -OCH3 is 5. The van der Waals surface area contributed by atoms with Crippen molar-refractivity contribution in [3.8, 4) is 34.5 Å². The van der Waals surface area contributed by atoms with Gasteiger partial charge in [0.05, 0.1) is 42.2 Å². The third-order valence-corrected chi connectivity index (χ3v) is 8.51. The van der Waals surface area contributed by atoms with Crippen LogP contribution in [0.4, 0.5) is 0 Å². The number of hydrogen-bond acceptors (Lipinski definition) is 19. The van der Waals surface area contributed by atoms with Gasteiger partial charge in [0.1, 0.15) is 49.8 Å². The second-order valence-electron chi connectivity index (χ2n) is 11.8. The van der Waals surface area contributed by atoms with E-state index in [1.165, 1.54) is 72.0 Å². The minimum atomic E-state index is -2.49. The van der Waals surface area contributed by atoms with Crippen molar-refractivity contribution in [2.75, 3.05) is 55.4 Å². The molecule has 0 radical (unpaired) electrons. The molecule has 0 spiro atoms. The number of ether oxygens (including phenoxy) is 10. The lowest BCUT2D eigenvalue weighted by atomic mass is 9.98. The molecule has 0 bridgehead atoms. The number of aliphatic hydroxyl groups is 6. The molecule has 7 N–H and O–H groups in total. The Morgan fingerprint density at radius 3 is 1.76 bits per heavy atom. The summed E-state index contributed by atoms with van der Waals surface area (Å²) in [4.78, 5) is 25.6. The Labute approximate surface area is 309 Å². The Balaban J connectivity index is 1.49. The highest BCUT2D eigenvalue weighted by atomic mass is 16.8. The van der Waals surface area contributed by atoms with Gasteiger partial charge in [-0.1, -0.05) is 0 Å². The Bertz CT molecular complexity index is 1610. The lowest BCUT2D eigenvalue weighted by molar-refractivity contribution is -0.383. The molecule has 2 aromatic carbocycles. The summed E-state index contributed by atoms with van der Waals surface area (Å²) >= 11 is 0. The average molecular weight is 769 g/mol. The van der Waals surface area contributed by atoms with Gasteiger partial charge >= 0.3 is 11.9 Å². The fourth-order valence-corrected chi connectivity index (χ4v) is 5.67. The van der Waals surface area contributed by atoms with Crippen molar-refractivity contribution < 1.29 is 92.7 Å². The van der Waals surface area contributed by atoms with Crippen LogP contribution in [0.5, 0.6) is 34.5 Å². The SMILES string of the molecule is COc1cc(C=CC(=O)OCC2OC(OC3(CO)OC(CO)C(O)C3OC(=O)C=Cc3cc(OC)c(OC)c(OC)c3)C(O)C(O)C2O)cc(OC)c1O. The molecule has 19 heteroatoms. The molecule has 2 aliphatic heterocycles. The van der Waals surface area contributed by atoms with E-state index in [2.05, 4.69) is 0 Å². The maximum Gasteiger partial charge on any atom is 0.331 e. The molecular formula is C35H44O19. The number of aromatic hydroxyl groups is 1. The molecule has 0 aliphatic carbocycles. The van der Waals surface area contributed by atoms with E-state index in [0.717, 1.165) is 12.2 Å². The molecule has 2 heterocycles. The van der Waals surface area contributed by atoms with Crippen LogP contribution in [-0.2, 0) is 33.3 Å². The number of carbonyl (C=O) groups is 2. The van der Waals surface area contributed by atoms with Crippen molar-refractivity contribution in [2.45, 2.75) is 54.8 Å². The number of phenolic OH excluding ortho intramolecular Hbond substituents is 1. The number of rotatable bonds is 16. The van der Waals surface area contributed by atoms with Gasteiger partial charge in [0.2, 0.25) is 17.3 Å². The molecule has 298 valence electrons. The monoisotopic (exact) mass is 768 g/mol. The maximum absolute atomic E-state index is 13.0. The maximum atomic E-state index is 13.0. The van der Waals surface area contributed by atoms with Gasteiger partial charge in [-0.15, -0.1) is 0 Å². The Morgan fingerprint density at radius 1 is 0.722 bits per heavy atom. The van der Waals surface area contributed by atoms with Crippen molar-refractivity contribution in [1.29, 1.82) is 0 Å². The molecule has 19 nitrogen and oxygen atoms in total. The molecule has 2 fully saturated rings. The number of phenols is 1. The third-order valence-electron chi connectivity index (χ3n) is 8.51. The first-order valence-corrected chi connectivity index (χ1v) is 16.2. The highest BCUT2D eigenvalue weighted by Crippen LogP contribution is 2.40. The van der Waals surface area contributed by atoms with Gasteiger partial charge in [-0.05, 0) is 47.5 Å². The van der Waals surface area contributed by atoms with Crippen LogP contribution in [0.3, 0.4) is 0 Å². The molecule has 0 saturated carbocycles. The van der Waals surface area contributed by atoms with Crippen molar-refractivity contribution in [1.82, 2.24) is 0 Å². The Kier molecular flexibility index (Phi) is 14.5. The van der Waals surface area contributed by atoms with Gasteiger partial charge in [-0.2, -0.15) is 0 Å². The van der Waals surface area contributed by atoms with E-state index in [-0.39, 0.29) is 17.2 Å². The smallest absolute Gasteiger partial charge is 0.331 e. The number of hydrogen-bond donors (Lipinski definition) is 7. The molecule has 0 aromatic heterocycles. The number of aliphatic hydroxyl groups excluding tert-OH is 6. The Hall–Kier alpha value is -4.70. The summed E-state index contributed by atoms with van der Waals surface area (Å²) in [7, 11) is 6.89. The van der Waals surface area contributed by atoms with Crippen LogP contribution in [0, 0.1) is 0 Å². The van der Waals surface area contributed by atoms with E-state index in [1.807, 2.05) is 0 Å². The summed E-state index contributed by atoms with van der Waals surface area (Å²) in [6.07, 6.45) is -9.75. The first-order valence-electron chi connectivity index (χ1n) is 16.2. The first kappa shape index (κ1) is 42.0. The average Bonchev–Trinajstić information content (AvgIpc) is 3.44. The quantitative estimate of drug-likeness (QED) is 0.0788. The molecule has 2 aromatic rings. The van der Waals surface area contributed by atoms with Crippen LogP contribution in [0.2, 0.25) is 0 Å². The molecule has 2 aliphatic rings. The van der Waals surface area contributed by atoms with E-state index in [1.54, 1.807) is 0 Å². The van der Waals surface area contributed by atoms with Crippen molar-refractivity contribution in [3.63, 3.8) is 0 Å². The van der Waals surface area contributed by atoms with Crippen LogP contribution in [0.1, 0.15) is 11.1 Å². The van der Waals surface area contributed by atoms with E-state index < -0.39 is 86.6 Å². The van der Waals surface area contributed by atoms with Gasteiger partial charge in [-0.3, -0.25) is 0 Å². The molecular weight excluding hydrogens is 724 g/mol. The second kappa shape index (κ2) is 18.6. The van der Waals surface area contributed by atoms with Crippen molar-refractivity contribution in [3.05, 3.63) is 47.5 Å². The van der Waals surface area contributed by atoms with Crippen LogP contribution in [-0.4, -0.2) is 158 Å². The predicted molar refractivity (Wildman–Crippen MR) is 182 cm³/mol. The summed E-state index contributed by atoms with van der Waals surface area (Å²) < 4.78 is 53.6. The van der Waals surface area contributed by atoms with Crippen LogP contribution < -0.4 is 23.7 Å². The molecule has 0 amide bonds. The summed E-state index contributed by atoms with van der Waals surface area (Å²) in [6, 6.07) is 5.92. The van der Waals surface area contributed by atoms with E-state index in [0.29, 0.717) is 28.4 Å². The van der Waals surface area contributed by atoms with Gasteiger partial charge < -0.3 is 83.1 Å². The highest BCUT2D eigenvalue weighted by Gasteiger charge is 2.60. The second-order valence-corrected chi connectivity index (χ2v) is 11.8. The largest absolute Gasteiger partial charge is 0.502 e. The van der Waals surface area contributed by atoms with E-state index in [4.69, 9.17) is 47.4 Å². The molecule has 9 atom stereocenters. The summed E-state index contributed by atoms with van der Waals surface area (Å²) in [5.74, 6) is -3.69. The topological polar surface area (TPSA) is 268 Å². The van der Waals surface area contributed by atoms with E-state index in [9.17, 15) is 45.3 Å². The third kappa shape index (κ3) is 9.14. The summed E-state index contributed by atoms with van der Waals surface area (Å²) in [5.41, 5.74) is 0.803. The molecule has 9 unspecified atom stereocenters. The zero-order chi connectivity index (χ0) is 39.7. The Morgan fingerprint density at radius 2 is 1.26 bits per heavy atom.